The Morgan fingerprint density at radius 3 is 2.51 bits per heavy atom. The van der Waals surface area contributed by atoms with Crippen molar-refractivity contribution < 1.29 is 23.5 Å². The molecule has 0 saturated carbocycles. The van der Waals surface area contributed by atoms with Gasteiger partial charge in [-0.2, -0.15) is 0 Å². The number of imide groups is 1. The van der Waals surface area contributed by atoms with Crippen molar-refractivity contribution in [2.24, 2.45) is 0 Å². The first-order valence-corrected chi connectivity index (χ1v) is 11.1. The Kier molecular flexibility index (Phi) is 7.33. The fourth-order valence-electron chi connectivity index (χ4n) is 3.27. The molecule has 0 radical (unpaired) electrons. The SMILES string of the molecule is O=C(COc1ccc(/C=C2\NC(=O)N(Cc3ccc(Cl)cc3)C2=O)cc1Cl)Nc1ccccc1F. The number of carbonyl (C=O) groups is 3. The molecule has 2 N–H and O–H groups in total. The van der Waals surface area contributed by atoms with Crippen molar-refractivity contribution in [3.63, 3.8) is 0 Å². The van der Waals surface area contributed by atoms with Gasteiger partial charge in [-0.25, -0.2) is 9.18 Å². The van der Waals surface area contributed by atoms with Crippen LogP contribution in [0, 0.1) is 5.82 Å². The lowest BCUT2D eigenvalue weighted by atomic mass is 10.1. The van der Waals surface area contributed by atoms with Crippen LogP contribution >= 0.6 is 23.2 Å². The van der Waals surface area contributed by atoms with Crippen molar-refractivity contribution in [1.29, 1.82) is 0 Å². The molecule has 1 heterocycles. The Morgan fingerprint density at radius 1 is 1.06 bits per heavy atom. The van der Waals surface area contributed by atoms with Gasteiger partial charge < -0.3 is 15.4 Å². The molecule has 4 rings (SSSR count). The predicted molar refractivity (Wildman–Crippen MR) is 130 cm³/mol. The minimum absolute atomic E-state index is 0.0440. The molecule has 7 nitrogen and oxygen atoms in total. The van der Waals surface area contributed by atoms with Crippen molar-refractivity contribution >= 4 is 52.8 Å². The fraction of sp³-hybridized carbons (Fsp3) is 0.0800. The molecule has 0 bridgehead atoms. The summed E-state index contributed by atoms with van der Waals surface area (Å²) in [6.07, 6.45) is 1.49. The number of para-hydroxylation sites is 1. The Bertz CT molecular complexity index is 1330. The molecule has 1 saturated heterocycles. The summed E-state index contributed by atoms with van der Waals surface area (Å²) in [6, 6.07) is 16.7. The van der Waals surface area contributed by atoms with Crippen LogP contribution in [0.3, 0.4) is 0 Å². The third-order valence-corrected chi connectivity index (χ3v) is 5.54. The molecule has 1 fully saturated rings. The van der Waals surface area contributed by atoms with E-state index in [0.29, 0.717) is 10.6 Å². The minimum atomic E-state index is -0.559. The molecule has 178 valence electrons. The second kappa shape index (κ2) is 10.6. The number of halogens is 3. The van der Waals surface area contributed by atoms with Crippen molar-refractivity contribution in [2.75, 3.05) is 11.9 Å². The van der Waals surface area contributed by atoms with Gasteiger partial charge >= 0.3 is 6.03 Å². The third-order valence-electron chi connectivity index (χ3n) is 4.99. The zero-order valence-electron chi connectivity index (χ0n) is 18.1. The number of urea groups is 1. The van der Waals surface area contributed by atoms with Gasteiger partial charge in [-0.15, -0.1) is 0 Å². The standard InChI is InChI=1S/C25H18Cl2FN3O4/c26-17-8-5-15(6-9-17)13-31-24(33)21(30-25(31)34)12-16-7-10-22(18(27)11-16)35-14-23(32)29-20-4-2-1-3-19(20)28/h1-12H,13-14H2,(H,29,32)(H,30,34)/b21-12-. The van der Waals surface area contributed by atoms with E-state index in [2.05, 4.69) is 10.6 Å². The summed E-state index contributed by atoms with van der Waals surface area (Å²) in [4.78, 5) is 38.1. The first-order valence-electron chi connectivity index (χ1n) is 10.4. The van der Waals surface area contributed by atoms with E-state index >= 15 is 0 Å². The number of anilines is 1. The van der Waals surface area contributed by atoms with Gasteiger partial charge in [0.25, 0.3) is 11.8 Å². The molecule has 3 aromatic rings. The summed E-state index contributed by atoms with van der Waals surface area (Å²) in [7, 11) is 0. The van der Waals surface area contributed by atoms with Gasteiger partial charge in [-0.05, 0) is 53.6 Å². The highest BCUT2D eigenvalue weighted by molar-refractivity contribution is 6.32. The van der Waals surface area contributed by atoms with E-state index in [1.807, 2.05) is 0 Å². The molecule has 0 aliphatic carbocycles. The fourth-order valence-corrected chi connectivity index (χ4v) is 3.64. The molecular formula is C25H18Cl2FN3O4. The maximum atomic E-state index is 13.6. The van der Waals surface area contributed by atoms with Crippen LogP contribution in [-0.4, -0.2) is 29.4 Å². The van der Waals surface area contributed by atoms with E-state index in [0.717, 1.165) is 10.5 Å². The molecule has 35 heavy (non-hydrogen) atoms. The first kappa shape index (κ1) is 24.3. The average Bonchev–Trinajstić information content (AvgIpc) is 3.08. The lowest BCUT2D eigenvalue weighted by molar-refractivity contribution is -0.123. The van der Waals surface area contributed by atoms with Crippen LogP contribution in [0.5, 0.6) is 5.75 Å². The van der Waals surface area contributed by atoms with Crippen LogP contribution in [0.2, 0.25) is 10.0 Å². The molecular weight excluding hydrogens is 496 g/mol. The topological polar surface area (TPSA) is 87.7 Å². The van der Waals surface area contributed by atoms with Gasteiger partial charge in [-0.3, -0.25) is 14.5 Å². The van der Waals surface area contributed by atoms with E-state index in [9.17, 15) is 18.8 Å². The second-order valence-electron chi connectivity index (χ2n) is 7.51. The quantitative estimate of drug-likeness (QED) is 0.334. The number of hydrogen-bond donors (Lipinski definition) is 2. The number of benzene rings is 3. The average molecular weight is 514 g/mol. The van der Waals surface area contributed by atoms with Crippen molar-refractivity contribution in [2.45, 2.75) is 6.54 Å². The monoisotopic (exact) mass is 513 g/mol. The van der Waals surface area contributed by atoms with Gasteiger partial charge in [0, 0.05) is 5.02 Å². The number of rotatable bonds is 7. The minimum Gasteiger partial charge on any atom is -0.482 e. The van der Waals surface area contributed by atoms with E-state index in [-0.39, 0.29) is 35.3 Å². The van der Waals surface area contributed by atoms with Crippen LogP contribution in [-0.2, 0) is 16.1 Å². The number of amides is 4. The lowest BCUT2D eigenvalue weighted by Gasteiger charge is -2.11. The highest BCUT2D eigenvalue weighted by Gasteiger charge is 2.33. The van der Waals surface area contributed by atoms with Crippen LogP contribution in [0.1, 0.15) is 11.1 Å². The number of nitrogens with one attached hydrogen (secondary N) is 2. The normalized spacial score (nSPS) is 14.3. The van der Waals surface area contributed by atoms with Gasteiger partial charge in [0.15, 0.2) is 6.61 Å². The Balaban J connectivity index is 1.39. The summed E-state index contributed by atoms with van der Waals surface area (Å²) in [5.74, 6) is -1.37. The van der Waals surface area contributed by atoms with E-state index < -0.39 is 23.7 Å². The zero-order valence-corrected chi connectivity index (χ0v) is 19.6. The number of nitrogens with zero attached hydrogens (tertiary/aromatic N) is 1. The Labute approximate surface area is 210 Å². The molecule has 4 amide bonds. The van der Waals surface area contributed by atoms with Gasteiger partial charge in [0.2, 0.25) is 0 Å². The maximum Gasteiger partial charge on any atom is 0.329 e. The smallest absolute Gasteiger partial charge is 0.329 e. The molecule has 0 atom stereocenters. The molecule has 1 aliphatic rings. The van der Waals surface area contributed by atoms with Gasteiger partial charge in [-0.1, -0.05) is 53.5 Å². The molecule has 0 aromatic heterocycles. The molecule has 3 aromatic carbocycles. The largest absolute Gasteiger partial charge is 0.482 e. The lowest BCUT2D eigenvalue weighted by Crippen LogP contribution is -2.30. The number of hydrogen-bond acceptors (Lipinski definition) is 4. The first-order chi connectivity index (χ1) is 16.8. The van der Waals surface area contributed by atoms with Crippen LogP contribution in [0.15, 0.2) is 72.4 Å². The molecule has 0 spiro atoms. The summed E-state index contributed by atoms with van der Waals surface area (Å²) >= 11 is 12.1. The third kappa shape index (κ3) is 5.98. The highest BCUT2D eigenvalue weighted by Crippen LogP contribution is 2.27. The highest BCUT2D eigenvalue weighted by atomic mass is 35.5. The summed E-state index contributed by atoms with van der Waals surface area (Å²) in [6.45, 7) is -0.287. The van der Waals surface area contributed by atoms with Crippen molar-refractivity contribution in [1.82, 2.24) is 10.2 Å². The van der Waals surface area contributed by atoms with Crippen molar-refractivity contribution in [3.05, 3.63) is 99.4 Å². The molecule has 0 unspecified atom stereocenters. The predicted octanol–water partition coefficient (Wildman–Crippen LogP) is 5.24. The molecule has 1 aliphatic heterocycles. The van der Waals surface area contributed by atoms with Gasteiger partial charge in [0.05, 0.1) is 17.3 Å². The van der Waals surface area contributed by atoms with Crippen LogP contribution < -0.4 is 15.4 Å². The summed E-state index contributed by atoms with van der Waals surface area (Å²) < 4.78 is 19.1. The van der Waals surface area contributed by atoms with Crippen LogP contribution in [0.25, 0.3) is 6.08 Å². The summed E-state index contributed by atoms with van der Waals surface area (Å²) in [5, 5.41) is 5.71. The summed E-state index contributed by atoms with van der Waals surface area (Å²) in [5.41, 5.74) is 1.43. The Hall–Kier alpha value is -3.88. The van der Waals surface area contributed by atoms with Gasteiger partial charge in [0.1, 0.15) is 17.3 Å². The van der Waals surface area contributed by atoms with Crippen LogP contribution in [0.4, 0.5) is 14.9 Å². The number of carbonyl (C=O) groups excluding carboxylic acids is 3. The second-order valence-corrected chi connectivity index (χ2v) is 8.36. The van der Waals surface area contributed by atoms with E-state index in [1.54, 1.807) is 36.4 Å². The number of ether oxygens (including phenoxy) is 1. The zero-order chi connectivity index (χ0) is 24.9. The van der Waals surface area contributed by atoms with E-state index in [1.165, 1.54) is 36.4 Å². The molecule has 10 heteroatoms. The Morgan fingerprint density at radius 2 is 1.80 bits per heavy atom. The van der Waals surface area contributed by atoms with Crippen molar-refractivity contribution in [3.8, 4) is 5.75 Å². The maximum absolute atomic E-state index is 13.6. The van der Waals surface area contributed by atoms with E-state index in [4.69, 9.17) is 27.9 Å².